The molecule has 0 aliphatic heterocycles. The zero-order valence-electron chi connectivity index (χ0n) is 18.7. The fourth-order valence-corrected chi connectivity index (χ4v) is 3.89. The number of ether oxygens (including phenoxy) is 1. The maximum absolute atomic E-state index is 11.8. The molecule has 0 spiro atoms. The van der Waals surface area contributed by atoms with Crippen LogP contribution in [0.25, 0.3) is 0 Å². The molecule has 0 saturated heterocycles. The second-order valence-corrected chi connectivity index (χ2v) is 8.12. The van der Waals surface area contributed by atoms with E-state index < -0.39 is 10.9 Å². The Balaban J connectivity index is 1.61. The fourth-order valence-electron chi connectivity index (χ4n) is 3.89. The highest BCUT2D eigenvalue weighted by atomic mass is 16.5. The molecular formula is C27H27N3O3. The van der Waals surface area contributed by atoms with Gasteiger partial charge in [0.25, 0.3) is 10.9 Å². The first-order valence-electron chi connectivity index (χ1n) is 10.9. The van der Waals surface area contributed by atoms with Gasteiger partial charge < -0.3 is 21.1 Å². The van der Waals surface area contributed by atoms with Gasteiger partial charge in [-0.25, -0.2) is 0 Å². The minimum Gasteiger partial charge on any atom is -0.497 e. The molecule has 0 heterocycles. The Kier molecular flexibility index (Phi) is 6.56. The zero-order chi connectivity index (χ0) is 23.4. The molecule has 4 aromatic carbocycles. The zero-order valence-corrected chi connectivity index (χ0v) is 18.7. The Hall–Kier alpha value is -3.90. The SMILES string of the molecule is COc1ccc(C(NCC(C)c2ccccc2)c2cccc(Nc3c(N)c(=O)c3=O)c2)cc1. The number of methoxy groups -OCH3 is 1. The Morgan fingerprint density at radius 3 is 2.21 bits per heavy atom. The first-order chi connectivity index (χ1) is 16.0. The van der Waals surface area contributed by atoms with Gasteiger partial charge in [0.2, 0.25) is 0 Å². The highest BCUT2D eigenvalue weighted by Gasteiger charge is 2.20. The largest absolute Gasteiger partial charge is 0.497 e. The molecule has 6 heteroatoms. The summed E-state index contributed by atoms with van der Waals surface area (Å²) in [5.41, 5.74) is 8.66. The minimum absolute atomic E-state index is 0.0214. The number of nitrogens with two attached hydrogens (primary N) is 1. The molecule has 0 saturated carbocycles. The molecule has 0 aliphatic rings. The predicted molar refractivity (Wildman–Crippen MR) is 133 cm³/mol. The quantitative estimate of drug-likeness (QED) is 0.339. The summed E-state index contributed by atoms with van der Waals surface area (Å²) < 4.78 is 5.31. The number of hydrogen-bond acceptors (Lipinski definition) is 6. The summed E-state index contributed by atoms with van der Waals surface area (Å²) in [6, 6.07) is 26.0. The van der Waals surface area contributed by atoms with Crippen molar-refractivity contribution in [2.45, 2.75) is 18.9 Å². The van der Waals surface area contributed by atoms with Gasteiger partial charge >= 0.3 is 0 Å². The lowest BCUT2D eigenvalue weighted by Gasteiger charge is -2.23. The van der Waals surface area contributed by atoms with E-state index in [0.717, 1.165) is 23.4 Å². The van der Waals surface area contributed by atoms with Crippen LogP contribution in [0.1, 0.15) is 35.6 Å². The van der Waals surface area contributed by atoms with Crippen LogP contribution in [-0.4, -0.2) is 13.7 Å². The van der Waals surface area contributed by atoms with Crippen molar-refractivity contribution in [3.05, 3.63) is 116 Å². The van der Waals surface area contributed by atoms with Gasteiger partial charge in [-0.1, -0.05) is 61.5 Å². The van der Waals surface area contributed by atoms with Gasteiger partial charge in [-0.3, -0.25) is 9.59 Å². The maximum atomic E-state index is 11.8. The average molecular weight is 442 g/mol. The van der Waals surface area contributed by atoms with Crippen molar-refractivity contribution >= 4 is 17.1 Å². The van der Waals surface area contributed by atoms with Gasteiger partial charge in [-0.2, -0.15) is 0 Å². The van der Waals surface area contributed by atoms with Crippen LogP contribution in [0.5, 0.6) is 5.75 Å². The molecule has 2 atom stereocenters. The third-order valence-corrected chi connectivity index (χ3v) is 5.88. The first kappa shape index (κ1) is 22.3. The van der Waals surface area contributed by atoms with Gasteiger partial charge in [0.15, 0.2) is 0 Å². The van der Waals surface area contributed by atoms with Crippen LogP contribution in [0.4, 0.5) is 17.1 Å². The molecule has 0 aromatic heterocycles. The predicted octanol–water partition coefficient (Wildman–Crippen LogP) is 4.10. The van der Waals surface area contributed by atoms with Crippen molar-refractivity contribution < 1.29 is 4.74 Å². The van der Waals surface area contributed by atoms with Gasteiger partial charge in [0.05, 0.1) is 13.2 Å². The highest BCUT2D eigenvalue weighted by Crippen LogP contribution is 2.28. The van der Waals surface area contributed by atoms with Crippen molar-refractivity contribution in [3.63, 3.8) is 0 Å². The lowest BCUT2D eigenvalue weighted by atomic mass is 9.96. The van der Waals surface area contributed by atoms with E-state index in [9.17, 15) is 9.59 Å². The number of nitrogen functional groups attached to an aromatic ring is 1. The molecule has 4 N–H and O–H groups in total. The summed E-state index contributed by atoms with van der Waals surface area (Å²) in [5.74, 6) is 1.11. The van der Waals surface area contributed by atoms with E-state index >= 15 is 0 Å². The fraction of sp³-hybridized carbons (Fsp3) is 0.185. The highest BCUT2D eigenvalue weighted by molar-refractivity contribution is 5.76. The Labute approximate surface area is 192 Å². The summed E-state index contributed by atoms with van der Waals surface area (Å²) in [6.45, 7) is 2.96. The second-order valence-electron chi connectivity index (χ2n) is 8.12. The van der Waals surface area contributed by atoms with Gasteiger partial charge in [0.1, 0.15) is 17.1 Å². The molecule has 0 aliphatic carbocycles. The normalized spacial score (nSPS) is 12.9. The first-order valence-corrected chi connectivity index (χ1v) is 10.9. The van der Waals surface area contributed by atoms with Gasteiger partial charge in [0, 0.05) is 12.2 Å². The van der Waals surface area contributed by atoms with Crippen molar-refractivity contribution in [1.29, 1.82) is 0 Å². The van der Waals surface area contributed by atoms with Crippen LogP contribution in [0.3, 0.4) is 0 Å². The van der Waals surface area contributed by atoms with Crippen LogP contribution in [0.15, 0.2) is 88.5 Å². The Bertz CT molecular complexity index is 1290. The van der Waals surface area contributed by atoms with Crippen LogP contribution in [0.2, 0.25) is 0 Å². The number of benzene rings is 3. The van der Waals surface area contributed by atoms with Crippen molar-refractivity contribution in [1.82, 2.24) is 5.32 Å². The molecule has 33 heavy (non-hydrogen) atoms. The summed E-state index contributed by atoms with van der Waals surface area (Å²) in [6.07, 6.45) is 0. The van der Waals surface area contributed by atoms with E-state index in [2.05, 4.69) is 41.8 Å². The molecule has 168 valence electrons. The monoisotopic (exact) mass is 441 g/mol. The van der Waals surface area contributed by atoms with Gasteiger partial charge in [-0.05, 0) is 46.9 Å². The van der Waals surface area contributed by atoms with Crippen LogP contribution in [-0.2, 0) is 0 Å². The van der Waals surface area contributed by atoms with E-state index in [-0.39, 0.29) is 17.4 Å². The average Bonchev–Trinajstić information content (AvgIpc) is 2.87. The molecule has 0 bridgehead atoms. The lowest BCUT2D eigenvalue weighted by Crippen LogP contribution is -2.36. The Morgan fingerprint density at radius 2 is 1.55 bits per heavy atom. The summed E-state index contributed by atoms with van der Waals surface area (Å²) in [4.78, 5) is 23.3. The molecule has 6 nitrogen and oxygen atoms in total. The summed E-state index contributed by atoms with van der Waals surface area (Å²) >= 11 is 0. The topological polar surface area (TPSA) is 93.4 Å². The molecular weight excluding hydrogens is 414 g/mol. The third kappa shape index (κ3) is 4.81. The third-order valence-electron chi connectivity index (χ3n) is 5.88. The van der Waals surface area contributed by atoms with Crippen molar-refractivity contribution in [2.75, 3.05) is 24.7 Å². The van der Waals surface area contributed by atoms with Crippen molar-refractivity contribution in [2.24, 2.45) is 0 Å². The maximum Gasteiger partial charge on any atom is 0.253 e. The molecule has 2 unspecified atom stereocenters. The standard InChI is InChI=1S/C27H27N3O3/c1-17(18-7-4-3-5-8-18)16-29-24(19-11-13-22(33-2)14-12-19)20-9-6-10-21(15-20)30-25-23(28)26(31)27(25)32/h3-15,17,24,29-30H,16,28H2,1-2H3. The van der Waals surface area contributed by atoms with E-state index in [0.29, 0.717) is 11.6 Å². The van der Waals surface area contributed by atoms with Crippen LogP contribution < -0.4 is 32.0 Å². The molecule has 0 fully saturated rings. The number of rotatable bonds is 9. The van der Waals surface area contributed by atoms with E-state index in [1.54, 1.807) is 7.11 Å². The second kappa shape index (κ2) is 9.71. The molecule has 0 amide bonds. The summed E-state index contributed by atoms with van der Waals surface area (Å²) in [7, 11) is 1.65. The van der Waals surface area contributed by atoms with E-state index in [4.69, 9.17) is 10.5 Å². The van der Waals surface area contributed by atoms with Crippen LogP contribution in [0, 0.1) is 0 Å². The number of anilines is 3. The Morgan fingerprint density at radius 1 is 0.848 bits per heavy atom. The molecule has 4 aromatic rings. The smallest absolute Gasteiger partial charge is 0.253 e. The number of hydrogen-bond donors (Lipinski definition) is 3. The minimum atomic E-state index is -0.638. The summed E-state index contributed by atoms with van der Waals surface area (Å²) in [5, 5.41) is 6.70. The van der Waals surface area contributed by atoms with Crippen LogP contribution >= 0.6 is 0 Å². The number of nitrogens with one attached hydrogen (secondary N) is 2. The van der Waals surface area contributed by atoms with Gasteiger partial charge in [-0.15, -0.1) is 0 Å². The molecule has 0 radical (unpaired) electrons. The lowest BCUT2D eigenvalue weighted by molar-refractivity contribution is 0.414. The van der Waals surface area contributed by atoms with E-state index in [1.807, 2.05) is 54.6 Å². The molecule has 4 rings (SSSR count). The van der Waals surface area contributed by atoms with Crippen molar-refractivity contribution in [3.8, 4) is 5.75 Å². The van der Waals surface area contributed by atoms with E-state index in [1.165, 1.54) is 5.56 Å².